The van der Waals surface area contributed by atoms with Gasteiger partial charge in [0.25, 0.3) is 0 Å². The number of hydrogen-bond acceptors (Lipinski definition) is 1. The van der Waals surface area contributed by atoms with E-state index in [1.807, 2.05) is 18.2 Å². The van der Waals surface area contributed by atoms with Crippen LogP contribution in [0.15, 0.2) is 30.3 Å². The summed E-state index contributed by atoms with van der Waals surface area (Å²) >= 11 is 0. The van der Waals surface area contributed by atoms with Crippen LogP contribution >= 0.6 is 0 Å². The predicted molar refractivity (Wildman–Crippen MR) is 67.3 cm³/mol. The molecule has 0 saturated heterocycles. The third-order valence-corrected chi connectivity index (χ3v) is 3.64. The zero-order chi connectivity index (χ0) is 11.6. The maximum atomic E-state index is 10.7. The zero-order valence-electron chi connectivity index (χ0n) is 10.3. The van der Waals surface area contributed by atoms with Gasteiger partial charge in [-0.15, -0.1) is 0 Å². The molecule has 1 N–H and O–H groups in total. The molecule has 0 spiro atoms. The number of aliphatic hydroxyl groups is 1. The molecule has 1 aliphatic carbocycles. The summed E-state index contributed by atoms with van der Waals surface area (Å²) in [6.07, 6.45) is 3.97. The average molecular weight is 218 g/mol. The molecule has 16 heavy (non-hydrogen) atoms. The van der Waals surface area contributed by atoms with Crippen LogP contribution in [0, 0.1) is 11.8 Å². The summed E-state index contributed by atoms with van der Waals surface area (Å²) in [5.74, 6) is 1.30. The van der Waals surface area contributed by atoms with E-state index in [4.69, 9.17) is 0 Å². The highest BCUT2D eigenvalue weighted by Crippen LogP contribution is 2.37. The van der Waals surface area contributed by atoms with Crippen molar-refractivity contribution in [3.8, 4) is 0 Å². The highest BCUT2D eigenvalue weighted by atomic mass is 16.3. The highest BCUT2D eigenvalue weighted by molar-refractivity contribution is 5.17. The summed E-state index contributed by atoms with van der Waals surface area (Å²) in [4.78, 5) is 0. The molecule has 0 aromatic heterocycles. The first-order valence-corrected chi connectivity index (χ1v) is 6.34. The molecule has 0 heterocycles. The van der Waals surface area contributed by atoms with Crippen LogP contribution in [0.1, 0.15) is 38.7 Å². The Balaban J connectivity index is 2.07. The second-order valence-electron chi connectivity index (χ2n) is 5.74. The second-order valence-corrected chi connectivity index (χ2v) is 5.74. The standard InChI is InChI=1S/C15H22O/c1-12-8-13(2)10-15(16,9-12)11-14-6-4-3-5-7-14/h3-7,12-13,16H,8-11H2,1-2H3. The monoisotopic (exact) mass is 218 g/mol. The maximum absolute atomic E-state index is 10.7. The van der Waals surface area contributed by atoms with Crippen molar-refractivity contribution in [1.82, 2.24) is 0 Å². The first-order valence-electron chi connectivity index (χ1n) is 6.34. The molecular formula is C15H22O. The molecule has 1 saturated carbocycles. The second kappa shape index (κ2) is 4.58. The summed E-state index contributed by atoms with van der Waals surface area (Å²) in [5, 5.41) is 10.7. The van der Waals surface area contributed by atoms with Crippen LogP contribution in [0.5, 0.6) is 0 Å². The Morgan fingerprint density at radius 2 is 1.69 bits per heavy atom. The van der Waals surface area contributed by atoms with Crippen molar-refractivity contribution in [2.24, 2.45) is 11.8 Å². The number of hydrogen-bond donors (Lipinski definition) is 1. The lowest BCUT2D eigenvalue weighted by Gasteiger charge is -2.39. The molecular weight excluding hydrogens is 196 g/mol. The van der Waals surface area contributed by atoms with E-state index in [2.05, 4.69) is 26.0 Å². The summed E-state index contributed by atoms with van der Waals surface area (Å²) in [6.45, 7) is 4.51. The molecule has 0 radical (unpaired) electrons. The minimum Gasteiger partial charge on any atom is -0.390 e. The van der Waals surface area contributed by atoms with E-state index >= 15 is 0 Å². The van der Waals surface area contributed by atoms with E-state index in [9.17, 15) is 5.11 Å². The number of rotatable bonds is 2. The Bertz CT molecular complexity index is 321. The Morgan fingerprint density at radius 3 is 2.25 bits per heavy atom. The van der Waals surface area contributed by atoms with Crippen LogP contribution in [0.3, 0.4) is 0 Å². The largest absolute Gasteiger partial charge is 0.390 e. The van der Waals surface area contributed by atoms with E-state index in [1.165, 1.54) is 12.0 Å². The van der Waals surface area contributed by atoms with Crippen molar-refractivity contribution in [2.45, 2.75) is 45.1 Å². The topological polar surface area (TPSA) is 20.2 Å². The van der Waals surface area contributed by atoms with Crippen molar-refractivity contribution in [1.29, 1.82) is 0 Å². The van der Waals surface area contributed by atoms with Crippen molar-refractivity contribution in [2.75, 3.05) is 0 Å². The molecule has 2 unspecified atom stereocenters. The van der Waals surface area contributed by atoms with Gasteiger partial charge in [0, 0.05) is 6.42 Å². The maximum Gasteiger partial charge on any atom is 0.0693 e. The lowest BCUT2D eigenvalue weighted by Crippen LogP contribution is -2.39. The van der Waals surface area contributed by atoms with Crippen LogP contribution in [0.25, 0.3) is 0 Å². The van der Waals surface area contributed by atoms with Gasteiger partial charge in [0.1, 0.15) is 0 Å². The third kappa shape index (κ3) is 2.85. The van der Waals surface area contributed by atoms with Crippen LogP contribution in [0.4, 0.5) is 0 Å². The van der Waals surface area contributed by atoms with Crippen molar-refractivity contribution >= 4 is 0 Å². The Hall–Kier alpha value is -0.820. The quantitative estimate of drug-likeness (QED) is 0.806. The molecule has 2 rings (SSSR count). The van der Waals surface area contributed by atoms with E-state index < -0.39 is 5.60 Å². The number of benzene rings is 1. The fourth-order valence-corrected chi connectivity index (χ4v) is 3.35. The van der Waals surface area contributed by atoms with E-state index in [0.29, 0.717) is 11.8 Å². The van der Waals surface area contributed by atoms with Crippen LogP contribution < -0.4 is 0 Å². The minimum atomic E-state index is -0.474. The highest BCUT2D eigenvalue weighted by Gasteiger charge is 2.35. The molecule has 0 amide bonds. The molecule has 88 valence electrons. The summed E-state index contributed by atoms with van der Waals surface area (Å²) < 4.78 is 0. The third-order valence-electron chi connectivity index (χ3n) is 3.64. The van der Waals surface area contributed by atoms with Crippen LogP contribution in [-0.4, -0.2) is 10.7 Å². The Labute approximate surface area is 98.5 Å². The fraction of sp³-hybridized carbons (Fsp3) is 0.600. The van der Waals surface area contributed by atoms with Crippen LogP contribution in [0.2, 0.25) is 0 Å². The molecule has 1 aliphatic rings. The molecule has 1 heteroatoms. The molecule has 2 atom stereocenters. The first kappa shape index (κ1) is 11.7. The van der Waals surface area contributed by atoms with Crippen molar-refractivity contribution in [3.63, 3.8) is 0 Å². The first-order chi connectivity index (χ1) is 7.57. The van der Waals surface area contributed by atoms with E-state index in [1.54, 1.807) is 0 Å². The van der Waals surface area contributed by atoms with Gasteiger partial charge < -0.3 is 5.11 Å². The Morgan fingerprint density at radius 1 is 1.12 bits per heavy atom. The van der Waals surface area contributed by atoms with E-state index in [-0.39, 0.29) is 0 Å². The van der Waals surface area contributed by atoms with Gasteiger partial charge in [-0.05, 0) is 36.7 Å². The SMILES string of the molecule is CC1CC(C)CC(O)(Cc2ccccc2)C1. The molecule has 1 aromatic rings. The lowest BCUT2D eigenvalue weighted by atomic mass is 9.71. The molecule has 0 aliphatic heterocycles. The van der Waals surface area contributed by atoms with Gasteiger partial charge in [-0.3, -0.25) is 0 Å². The van der Waals surface area contributed by atoms with Gasteiger partial charge in [0.2, 0.25) is 0 Å². The Kier molecular flexibility index (Phi) is 3.34. The molecule has 1 aromatic carbocycles. The summed E-state index contributed by atoms with van der Waals surface area (Å²) in [7, 11) is 0. The smallest absolute Gasteiger partial charge is 0.0693 e. The van der Waals surface area contributed by atoms with Gasteiger partial charge in [-0.2, -0.15) is 0 Å². The minimum absolute atomic E-state index is 0.474. The summed E-state index contributed by atoms with van der Waals surface area (Å²) in [5.41, 5.74) is 0.782. The van der Waals surface area contributed by atoms with Crippen molar-refractivity contribution in [3.05, 3.63) is 35.9 Å². The molecule has 0 bridgehead atoms. The fourth-order valence-electron chi connectivity index (χ4n) is 3.35. The zero-order valence-corrected chi connectivity index (χ0v) is 10.3. The average Bonchev–Trinajstić information content (AvgIpc) is 2.15. The van der Waals surface area contributed by atoms with Crippen molar-refractivity contribution < 1.29 is 5.11 Å². The summed E-state index contributed by atoms with van der Waals surface area (Å²) in [6, 6.07) is 10.4. The van der Waals surface area contributed by atoms with Gasteiger partial charge in [-0.25, -0.2) is 0 Å². The lowest BCUT2D eigenvalue weighted by molar-refractivity contribution is -0.0304. The normalized spacial score (nSPS) is 34.9. The van der Waals surface area contributed by atoms with Gasteiger partial charge in [0.15, 0.2) is 0 Å². The van der Waals surface area contributed by atoms with Gasteiger partial charge in [-0.1, -0.05) is 44.2 Å². The molecule has 1 nitrogen and oxygen atoms in total. The van der Waals surface area contributed by atoms with Crippen LogP contribution in [-0.2, 0) is 6.42 Å². The predicted octanol–water partition coefficient (Wildman–Crippen LogP) is 3.42. The van der Waals surface area contributed by atoms with Gasteiger partial charge in [0.05, 0.1) is 5.60 Å². The van der Waals surface area contributed by atoms with E-state index in [0.717, 1.165) is 19.3 Å². The van der Waals surface area contributed by atoms with Gasteiger partial charge >= 0.3 is 0 Å². The molecule has 1 fully saturated rings.